The average molecular weight is 453 g/mol. The van der Waals surface area contributed by atoms with Gasteiger partial charge in [-0.15, -0.1) is 0 Å². The molecule has 9 nitrogen and oxygen atoms in total. The molecule has 0 aromatic carbocycles. The Morgan fingerprint density at radius 1 is 1.39 bits per heavy atom. The van der Waals surface area contributed by atoms with Crippen LogP contribution in [0.4, 0.5) is 14.6 Å². The van der Waals surface area contributed by atoms with E-state index in [4.69, 9.17) is 5.41 Å². The third kappa shape index (κ3) is 5.99. The molecule has 0 radical (unpaired) electrons. The van der Waals surface area contributed by atoms with E-state index in [1.807, 2.05) is 13.0 Å². The molecule has 2 aromatic rings. The molecule has 1 aliphatic heterocycles. The molecule has 0 aliphatic carbocycles. The Morgan fingerprint density at radius 3 is 2.87 bits per heavy atom. The number of halogens is 2. The lowest BCUT2D eigenvalue weighted by molar-refractivity contribution is 0.190. The van der Waals surface area contributed by atoms with Crippen molar-refractivity contribution in [1.82, 2.24) is 29.6 Å². The average Bonchev–Trinajstić information content (AvgIpc) is 3.21. The minimum atomic E-state index is -2.82. The number of hydrogen-bond donors (Lipinski definition) is 3. The molecule has 3 N–H and O–H groups in total. The van der Waals surface area contributed by atoms with Gasteiger partial charge in [0, 0.05) is 44.0 Å². The van der Waals surface area contributed by atoms with Gasteiger partial charge in [0.05, 0.1) is 34.3 Å². The molecule has 0 amide bonds. The van der Waals surface area contributed by atoms with Gasteiger partial charge in [0.25, 0.3) is 6.43 Å². The zero-order valence-corrected chi connectivity index (χ0v) is 18.4. The zero-order valence-electron chi connectivity index (χ0n) is 17.5. The predicted molar refractivity (Wildman–Crippen MR) is 118 cm³/mol. The van der Waals surface area contributed by atoms with Gasteiger partial charge in [-0.05, 0) is 26.1 Å². The highest BCUT2D eigenvalue weighted by Crippen LogP contribution is 2.22. The van der Waals surface area contributed by atoms with Crippen molar-refractivity contribution in [3.05, 3.63) is 30.5 Å². The second-order valence-electron chi connectivity index (χ2n) is 7.39. The van der Waals surface area contributed by atoms with Crippen LogP contribution in [-0.4, -0.2) is 86.2 Å². The predicted octanol–water partition coefficient (Wildman–Crippen LogP) is 1.56. The minimum Gasteiger partial charge on any atom is -0.354 e. The van der Waals surface area contributed by atoms with Crippen LogP contribution in [-0.2, 0) is 11.0 Å². The largest absolute Gasteiger partial charge is 0.354 e. The molecule has 3 heterocycles. The maximum absolute atomic E-state index is 12.4. The van der Waals surface area contributed by atoms with Gasteiger partial charge in [0.15, 0.2) is 0 Å². The van der Waals surface area contributed by atoms with E-state index in [1.165, 1.54) is 12.4 Å². The normalized spacial score (nSPS) is 19.8. The number of likely N-dealkylation sites (N-methyl/N-ethyl adjacent to an activating group) is 1. The van der Waals surface area contributed by atoms with E-state index in [0.717, 1.165) is 25.0 Å². The summed E-state index contributed by atoms with van der Waals surface area (Å²) < 4.78 is 39.5. The van der Waals surface area contributed by atoms with Crippen LogP contribution in [0, 0.1) is 5.41 Å². The van der Waals surface area contributed by atoms with E-state index in [0.29, 0.717) is 23.8 Å². The molecular formula is C19H26F2N8OS. The van der Waals surface area contributed by atoms with E-state index < -0.39 is 23.1 Å². The van der Waals surface area contributed by atoms with E-state index in [2.05, 4.69) is 41.5 Å². The smallest absolute Gasteiger partial charge is 0.279 e. The third-order valence-electron chi connectivity index (χ3n) is 5.13. The Labute approximate surface area is 182 Å². The molecule has 0 bridgehead atoms. The summed E-state index contributed by atoms with van der Waals surface area (Å²) in [4.78, 5) is 20.3. The van der Waals surface area contributed by atoms with Gasteiger partial charge < -0.3 is 9.88 Å². The highest BCUT2D eigenvalue weighted by molar-refractivity contribution is 7.82. The van der Waals surface area contributed by atoms with E-state index in [-0.39, 0.29) is 12.1 Å². The lowest BCUT2D eigenvalue weighted by Gasteiger charge is -2.42. The summed E-state index contributed by atoms with van der Waals surface area (Å²) in [5.41, 5.74) is 0.467. The number of anilines is 1. The Kier molecular flexibility index (Phi) is 7.57. The first-order chi connectivity index (χ1) is 14.7. The van der Waals surface area contributed by atoms with Crippen LogP contribution in [0.5, 0.6) is 0 Å². The maximum atomic E-state index is 12.4. The molecule has 1 fully saturated rings. The summed E-state index contributed by atoms with van der Waals surface area (Å²) in [6, 6.07) is 2.04. The number of alkyl halides is 2. The summed E-state index contributed by atoms with van der Waals surface area (Å²) in [5.74, 6) is 1.12. The van der Waals surface area contributed by atoms with E-state index in [9.17, 15) is 13.0 Å². The van der Waals surface area contributed by atoms with E-state index in [1.54, 1.807) is 12.5 Å². The zero-order chi connectivity index (χ0) is 22.5. The molecule has 0 saturated carbocycles. The molecule has 3 unspecified atom stereocenters. The maximum Gasteiger partial charge on any atom is 0.279 e. The van der Waals surface area contributed by atoms with Gasteiger partial charge in [-0.1, -0.05) is 0 Å². The van der Waals surface area contributed by atoms with Crippen LogP contribution in [0.2, 0.25) is 0 Å². The third-order valence-corrected chi connectivity index (χ3v) is 5.83. The molecule has 1 aliphatic rings. The second-order valence-corrected chi connectivity index (χ2v) is 8.53. The van der Waals surface area contributed by atoms with Crippen LogP contribution in [0.1, 0.15) is 12.7 Å². The van der Waals surface area contributed by atoms with Crippen LogP contribution in [0.15, 0.2) is 24.7 Å². The van der Waals surface area contributed by atoms with Gasteiger partial charge >= 0.3 is 0 Å². The van der Waals surface area contributed by atoms with Gasteiger partial charge in [0.2, 0.25) is 0 Å². The molecule has 12 heteroatoms. The van der Waals surface area contributed by atoms with Crippen LogP contribution >= 0.6 is 0 Å². The molecule has 31 heavy (non-hydrogen) atoms. The minimum absolute atomic E-state index is 0.0360. The fraction of sp³-hybridized carbons (Fsp3) is 0.474. The summed E-state index contributed by atoms with van der Waals surface area (Å²) in [5, 5.41) is 7.17. The number of piperazine rings is 1. The first-order valence-electron chi connectivity index (χ1n) is 9.71. The monoisotopic (exact) mass is 452 g/mol. The van der Waals surface area contributed by atoms with Crippen molar-refractivity contribution in [2.75, 3.05) is 37.8 Å². The van der Waals surface area contributed by atoms with E-state index >= 15 is 0 Å². The van der Waals surface area contributed by atoms with Crippen molar-refractivity contribution in [3.8, 4) is 11.4 Å². The molecule has 168 valence electrons. The number of nitrogens with one attached hydrogen (secondary N) is 3. The molecule has 3 rings (SSSR count). The van der Waals surface area contributed by atoms with Crippen LogP contribution in [0.3, 0.4) is 0 Å². The fourth-order valence-corrected chi connectivity index (χ4v) is 4.13. The Balaban J connectivity index is 1.74. The van der Waals surface area contributed by atoms with Gasteiger partial charge in [-0.3, -0.25) is 10.3 Å². The quantitative estimate of drug-likeness (QED) is 0.524. The SMILES string of the molecule is CC(NS(C)=O)C1CN(c2cc(-c3cnc(/C=C\C(=N)C(F)F)[nH]3)ncn2)CCN1C. The van der Waals surface area contributed by atoms with Crippen molar-refractivity contribution in [2.45, 2.75) is 25.4 Å². The highest BCUT2D eigenvalue weighted by atomic mass is 32.2. The standard InChI is InChI=1S/C19H26F2N8OS/c1-12(27-31(3)30)16-10-29(7-6-28(16)2)18-8-14(24-11-25-18)15-9-23-17(26-15)5-4-13(22)19(20)21/h4-5,8-9,11-12,16,19,22,27H,6-7,10H2,1-3H3,(H,23,26)/b5-4-,22-13?. The van der Waals surface area contributed by atoms with Gasteiger partial charge in [0.1, 0.15) is 18.0 Å². The number of rotatable bonds is 8. The number of hydrogen-bond acceptors (Lipinski definition) is 7. The molecular weight excluding hydrogens is 426 g/mol. The number of nitrogens with zero attached hydrogens (tertiary/aromatic N) is 5. The van der Waals surface area contributed by atoms with Gasteiger partial charge in [-0.2, -0.15) is 0 Å². The van der Waals surface area contributed by atoms with Gasteiger partial charge in [-0.25, -0.2) is 32.7 Å². The number of H-pyrrole nitrogens is 1. The number of allylic oxidation sites excluding steroid dienone is 1. The van der Waals surface area contributed by atoms with Crippen molar-refractivity contribution >= 4 is 28.6 Å². The van der Waals surface area contributed by atoms with Crippen molar-refractivity contribution in [1.29, 1.82) is 5.41 Å². The Hall–Kier alpha value is -2.57. The fourth-order valence-electron chi connectivity index (χ4n) is 3.45. The first kappa shape index (κ1) is 23.1. The molecule has 3 atom stereocenters. The summed E-state index contributed by atoms with van der Waals surface area (Å²) in [7, 11) is 0.959. The van der Waals surface area contributed by atoms with Crippen molar-refractivity contribution < 1.29 is 13.0 Å². The lowest BCUT2D eigenvalue weighted by Crippen LogP contribution is -2.59. The Bertz CT molecular complexity index is 966. The van der Waals surface area contributed by atoms with Crippen LogP contribution in [0.25, 0.3) is 17.5 Å². The number of aromatic amines is 1. The molecule has 2 aromatic heterocycles. The second kappa shape index (κ2) is 10.2. The summed E-state index contributed by atoms with van der Waals surface area (Å²) >= 11 is 0. The first-order valence-corrected chi connectivity index (χ1v) is 11.3. The topological polar surface area (TPSA) is 114 Å². The molecule has 1 saturated heterocycles. The number of imidazole rings is 1. The summed E-state index contributed by atoms with van der Waals surface area (Å²) in [6.07, 6.45) is 4.19. The van der Waals surface area contributed by atoms with Crippen molar-refractivity contribution in [3.63, 3.8) is 0 Å². The lowest BCUT2D eigenvalue weighted by atomic mass is 10.1. The van der Waals surface area contributed by atoms with Crippen LogP contribution < -0.4 is 9.62 Å². The number of aromatic nitrogens is 4. The van der Waals surface area contributed by atoms with Crippen molar-refractivity contribution in [2.24, 2.45) is 0 Å². The molecule has 0 spiro atoms. The highest BCUT2D eigenvalue weighted by Gasteiger charge is 2.30. The Morgan fingerprint density at radius 2 is 2.16 bits per heavy atom. The summed E-state index contributed by atoms with van der Waals surface area (Å²) in [6.45, 7) is 4.36.